The number of nitrogens with two attached hydrogens (primary N) is 1. The van der Waals surface area contributed by atoms with Crippen LogP contribution in [-0.4, -0.2) is 15.0 Å². The first kappa shape index (κ1) is 15.4. The van der Waals surface area contributed by atoms with Gasteiger partial charge in [0.05, 0.1) is 5.02 Å². The summed E-state index contributed by atoms with van der Waals surface area (Å²) in [5.41, 5.74) is 6.24. The van der Waals surface area contributed by atoms with Crippen molar-refractivity contribution in [1.29, 1.82) is 0 Å². The molecule has 1 rings (SSSR count). The fraction of sp³-hybridized carbons (Fsp3) is 0.500. The summed E-state index contributed by atoms with van der Waals surface area (Å²) in [7, 11) is -3.54. The molecule has 0 atom stereocenters. The summed E-state index contributed by atoms with van der Waals surface area (Å²) in [6.45, 7) is 2.78. The number of hydrogen-bond acceptors (Lipinski definition) is 3. The van der Waals surface area contributed by atoms with Crippen molar-refractivity contribution < 1.29 is 8.42 Å². The molecule has 0 heterocycles. The molecule has 6 heteroatoms. The molecule has 0 saturated carbocycles. The van der Waals surface area contributed by atoms with E-state index in [0.717, 1.165) is 24.8 Å². The van der Waals surface area contributed by atoms with Crippen molar-refractivity contribution in [2.45, 2.75) is 37.6 Å². The summed E-state index contributed by atoms with van der Waals surface area (Å²) in [4.78, 5) is 0.101. The van der Waals surface area contributed by atoms with Gasteiger partial charge >= 0.3 is 0 Å². The Morgan fingerprint density at radius 2 is 2.06 bits per heavy atom. The minimum absolute atomic E-state index is 0.101. The monoisotopic (exact) mass is 290 g/mol. The number of halogens is 1. The number of sulfonamides is 1. The molecule has 102 valence electrons. The topological polar surface area (TPSA) is 72.2 Å². The van der Waals surface area contributed by atoms with Crippen LogP contribution in [0, 0.1) is 0 Å². The zero-order valence-corrected chi connectivity index (χ0v) is 12.0. The lowest BCUT2D eigenvalue weighted by atomic mass is 10.2. The van der Waals surface area contributed by atoms with Crippen molar-refractivity contribution in [2.75, 3.05) is 6.54 Å². The summed E-state index contributed by atoms with van der Waals surface area (Å²) in [6, 6.07) is 4.80. The standard InChI is InChI=1S/C12H19ClN2O2S/c1-2-3-4-7-15-18(16,17)12-8-10(9-14)5-6-11(12)13/h5-6,8,15H,2-4,7,9,14H2,1H3. The Kier molecular flexibility index (Phi) is 6.08. The molecule has 0 amide bonds. The molecule has 0 aliphatic rings. The van der Waals surface area contributed by atoms with E-state index in [1.54, 1.807) is 12.1 Å². The van der Waals surface area contributed by atoms with Crippen LogP contribution in [-0.2, 0) is 16.6 Å². The van der Waals surface area contributed by atoms with E-state index in [9.17, 15) is 8.42 Å². The van der Waals surface area contributed by atoms with Gasteiger partial charge in [-0.15, -0.1) is 0 Å². The second-order valence-electron chi connectivity index (χ2n) is 4.07. The molecule has 0 saturated heterocycles. The minimum atomic E-state index is -3.54. The van der Waals surface area contributed by atoms with E-state index in [2.05, 4.69) is 11.6 Å². The van der Waals surface area contributed by atoms with Gasteiger partial charge in [0, 0.05) is 13.1 Å². The molecule has 0 unspecified atom stereocenters. The van der Waals surface area contributed by atoms with Crippen LogP contribution in [0.4, 0.5) is 0 Å². The van der Waals surface area contributed by atoms with Gasteiger partial charge in [-0.2, -0.15) is 0 Å². The molecule has 0 aliphatic carbocycles. The van der Waals surface area contributed by atoms with Crippen molar-refractivity contribution in [3.63, 3.8) is 0 Å². The van der Waals surface area contributed by atoms with Crippen molar-refractivity contribution in [2.24, 2.45) is 5.73 Å². The molecule has 0 bridgehead atoms. The first-order valence-electron chi connectivity index (χ1n) is 5.99. The van der Waals surface area contributed by atoms with Crippen LogP contribution in [0.25, 0.3) is 0 Å². The van der Waals surface area contributed by atoms with E-state index in [1.807, 2.05) is 0 Å². The van der Waals surface area contributed by atoms with Gasteiger partial charge in [0.25, 0.3) is 0 Å². The number of unbranched alkanes of at least 4 members (excludes halogenated alkanes) is 2. The SMILES string of the molecule is CCCCCNS(=O)(=O)c1cc(CN)ccc1Cl. The van der Waals surface area contributed by atoms with E-state index >= 15 is 0 Å². The summed E-state index contributed by atoms with van der Waals surface area (Å²) in [5.74, 6) is 0. The van der Waals surface area contributed by atoms with Gasteiger partial charge in [-0.05, 0) is 24.1 Å². The summed E-state index contributed by atoms with van der Waals surface area (Å²) in [5, 5.41) is 0.218. The zero-order valence-electron chi connectivity index (χ0n) is 10.4. The molecule has 0 radical (unpaired) electrons. The lowest BCUT2D eigenvalue weighted by Crippen LogP contribution is -2.25. The average molecular weight is 291 g/mol. The van der Waals surface area contributed by atoms with Gasteiger partial charge in [-0.3, -0.25) is 0 Å². The summed E-state index contributed by atoms with van der Waals surface area (Å²) < 4.78 is 26.6. The second kappa shape index (κ2) is 7.09. The van der Waals surface area contributed by atoms with Gasteiger partial charge in [-0.1, -0.05) is 37.4 Å². The highest BCUT2D eigenvalue weighted by Crippen LogP contribution is 2.22. The van der Waals surface area contributed by atoms with E-state index in [4.69, 9.17) is 17.3 Å². The normalized spacial score (nSPS) is 11.7. The van der Waals surface area contributed by atoms with Gasteiger partial charge in [0.2, 0.25) is 10.0 Å². The Morgan fingerprint density at radius 3 is 2.67 bits per heavy atom. The predicted molar refractivity (Wildman–Crippen MR) is 74.1 cm³/mol. The molecular weight excluding hydrogens is 272 g/mol. The fourth-order valence-electron chi connectivity index (χ4n) is 1.54. The van der Waals surface area contributed by atoms with Gasteiger partial charge in [-0.25, -0.2) is 13.1 Å². The quantitative estimate of drug-likeness (QED) is 0.757. The number of rotatable bonds is 7. The summed E-state index contributed by atoms with van der Waals surface area (Å²) in [6.07, 6.45) is 2.87. The Balaban J connectivity index is 2.83. The van der Waals surface area contributed by atoms with Crippen LogP contribution >= 0.6 is 11.6 Å². The maximum absolute atomic E-state index is 12.0. The largest absolute Gasteiger partial charge is 0.326 e. The molecule has 18 heavy (non-hydrogen) atoms. The van der Waals surface area contributed by atoms with Crippen LogP contribution in [0.5, 0.6) is 0 Å². The zero-order chi connectivity index (χ0) is 13.6. The Morgan fingerprint density at radius 1 is 1.33 bits per heavy atom. The Bertz CT molecular complexity index is 489. The highest BCUT2D eigenvalue weighted by atomic mass is 35.5. The van der Waals surface area contributed by atoms with Crippen molar-refractivity contribution >= 4 is 21.6 Å². The average Bonchev–Trinajstić information content (AvgIpc) is 2.35. The third-order valence-corrected chi connectivity index (χ3v) is 4.54. The minimum Gasteiger partial charge on any atom is -0.326 e. The van der Waals surface area contributed by atoms with Crippen LogP contribution in [0.3, 0.4) is 0 Å². The lowest BCUT2D eigenvalue weighted by molar-refractivity contribution is 0.576. The molecule has 0 spiro atoms. The second-order valence-corrected chi connectivity index (χ2v) is 6.22. The first-order valence-corrected chi connectivity index (χ1v) is 7.85. The molecule has 1 aromatic carbocycles. The van der Waals surface area contributed by atoms with Gasteiger partial charge in [0.1, 0.15) is 4.90 Å². The predicted octanol–water partition coefficient (Wildman–Crippen LogP) is 2.27. The Hall–Kier alpha value is -0.620. The molecule has 0 fully saturated rings. The van der Waals surface area contributed by atoms with Crippen molar-refractivity contribution in [3.8, 4) is 0 Å². The molecular formula is C12H19ClN2O2S. The number of hydrogen-bond donors (Lipinski definition) is 2. The third-order valence-electron chi connectivity index (χ3n) is 2.59. The van der Waals surface area contributed by atoms with E-state index < -0.39 is 10.0 Å². The van der Waals surface area contributed by atoms with Crippen LogP contribution in [0.2, 0.25) is 5.02 Å². The molecule has 1 aromatic rings. The van der Waals surface area contributed by atoms with E-state index in [0.29, 0.717) is 6.54 Å². The van der Waals surface area contributed by atoms with Crippen molar-refractivity contribution in [1.82, 2.24) is 4.72 Å². The van der Waals surface area contributed by atoms with E-state index in [-0.39, 0.29) is 16.5 Å². The lowest BCUT2D eigenvalue weighted by Gasteiger charge is -2.09. The van der Waals surface area contributed by atoms with Crippen LogP contribution in [0.1, 0.15) is 31.7 Å². The van der Waals surface area contributed by atoms with E-state index in [1.165, 1.54) is 6.07 Å². The molecule has 0 aliphatic heterocycles. The fourth-order valence-corrected chi connectivity index (χ4v) is 3.16. The maximum Gasteiger partial charge on any atom is 0.242 e. The first-order chi connectivity index (χ1) is 8.51. The van der Waals surface area contributed by atoms with Gasteiger partial charge < -0.3 is 5.73 Å². The number of benzene rings is 1. The van der Waals surface area contributed by atoms with Crippen molar-refractivity contribution in [3.05, 3.63) is 28.8 Å². The third kappa shape index (κ3) is 4.24. The Labute approximate surface area is 114 Å². The van der Waals surface area contributed by atoms with Crippen LogP contribution < -0.4 is 10.5 Å². The number of nitrogens with one attached hydrogen (secondary N) is 1. The van der Waals surface area contributed by atoms with Gasteiger partial charge in [0.15, 0.2) is 0 Å². The molecule has 4 nitrogen and oxygen atoms in total. The van der Waals surface area contributed by atoms with Crippen LogP contribution in [0.15, 0.2) is 23.1 Å². The maximum atomic E-state index is 12.0. The highest BCUT2D eigenvalue weighted by Gasteiger charge is 2.17. The summed E-state index contributed by atoms with van der Waals surface area (Å²) >= 11 is 5.92. The molecule has 0 aromatic heterocycles. The molecule has 3 N–H and O–H groups in total. The smallest absolute Gasteiger partial charge is 0.242 e. The highest BCUT2D eigenvalue weighted by molar-refractivity contribution is 7.89.